The molecule has 3 rings (SSSR count). The highest BCUT2D eigenvalue weighted by atomic mass is 35.5. The summed E-state index contributed by atoms with van der Waals surface area (Å²) >= 11 is 0. The monoisotopic (exact) mass is 367 g/mol. The predicted molar refractivity (Wildman–Crippen MR) is 99.4 cm³/mol. The smallest absolute Gasteiger partial charge is 0.260 e. The fraction of sp³-hybridized carbons (Fsp3) is 0.556. The molecule has 7 heteroatoms. The summed E-state index contributed by atoms with van der Waals surface area (Å²) in [7, 11) is 1.96. The van der Waals surface area contributed by atoms with Crippen LogP contribution in [0.4, 0.5) is 5.69 Å². The van der Waals surface area contributed by atoms with Crippen LogP contribution in [-0.2, 0) is 9.59 Å². The van der Waals surface area contributed by atoms with Gasteiger partial charge in [0.15, 0.2) is 6.61 Å². The number of piperidine rings is 1. The lowest BCUT2D eigenvalue weighted by Crippen LogP contribution is -2.45. The van der Waals surface area contributed by atoms with Crippen LogP contribution in [0.15, 0.2) is 24.3 Å². The minimum Gasteiger partial charge on any atom is -0.484 e. The molecule has 25 heavy (non-hydrogen) atoms. The Kier molecular flexibility index (Phi) is 7.08. The average molecular weight is 368 g/mol. The van der Waals surface area contributed by atoms with Gasteiger partial charge in [0, 0.05) is 43.9 Å². The maximum atomic E-state index is 12.3. The number of benzene rings is 1. The number of ether oxygens (including phenoxy) is 1. The SMILES string of the molecule is CNC1CCN(C(=O)COc2cccc(N3CCCC3=O)c2)CC1.Cl. The standard InChI is InChI=1S/C18H25N3O3.ClH/c1-19-14-7-10-20(11-8-14)18(23)13-24-16-5-2-4-15(12-16)21-9-3-6-17(21)22;/h2,4-5,12,14,19H,3,6-11,13H2,1H3;1H. The normalized spacial score (nSPS) is 18.2. The summed E-state index contributed by atoms with van der Waals surface area (Å²) in [5.41, 5.74) is 0.845. The van der Waals surface area contributed by atoms with E-state index < -0.39 is 0 Å². The zero-order valence-corrected chi connectivity index (χ0v) is 15.4. The molecule has 0 saturated carbocycles. The molecule has 1 aromatic rings. The van der Waals surface area contributed by atoms with Crippen molar-refractivity contribution in [1.29, 1.82) is 0 Å². The second kappa shape index (κ2) is 9.06. The van der Waals surface area contributed by atoms with Crippen molar-refractivity contribution in [1.82, 2.24) is 10.2 Å². The van der Waals surface area contributed by atoms with Crippen LogP contribution in [0.25, 0.3) is 0 Å². The lowest BCUT2D eigenvalue weighted by Gasteiger charge is -2.31. The van der Waals surface area contributed by atoms with Gasteiger partial charge in [-0.15, -0.1) is 12.4 Å². The van der Waals surface area contributed by atoms with Crippen molar-refractivity contribution in [2.75, 3.05) is 38.2 Å². The van der Waals surface area contributed by atoms with E-state index in [9.17, 15) is 9.59 Å². The minimum absolute atomic E-state index is 0. The van der Waals surface area contributed by atoms with E-state index >= 15 is 0 Å². The van der Waals surface area contributed by atoms with Gasteiger partial charge >= 0.3 is 0 Å². The molecule has 2 heterocycles. The van der Waals surface area contributed by atoms with E-state index in [4.69, 9.17) is 4.74 Å². The molecule has 0 aromatic heterocycles. The third-order valence-electron chi connectivity index (χ3n) is 4.82. The van der Waals surface area contributed by atoms with Gasteiger partial charge < -0.3 is 19.9 Å². The summed E-state index contributed by atoms with van der Waals surface area (Å²) in [5, 5.41) is 3.26. The number of likely N-dealkylation sites (tertiary alicyclic amines) is 1. The third-order valence-corrected chi connectivity index (χ3v) is 4.82. The fourth-order valence-corrected chi connectivity index (χ4v) is 3.32. The Labute approximate surface area is 154 Å². The molecule has 2 saturated heterocycles. The first-order valence-electron chi connectivity index (χ1n) is 8.65. The number of rotatable bonds is 5. The Bertz CT molecular complexity index is 603. The molecule has 2 aliphatic rings. The number of nitrogens with one attached hydrogen (secondary N) is 1. The van der Waals surface area contributed by atoms with Gasteiger partial charge in [-0.2, -0.15) is 0 Å². The van der Waals surface area contributed by atoms with Crippen molar-refractivity contribution in [3.8, 4) is 5.75 Å². The first-order chi connectivity index (χ1) is 11.7. The van der Waals surface area contributed by atoms with E-state index in [1.54, 1.807) is 4.90 Å². The number of carbonyl (C=O) groups is 2. The zero-order chi connectivity index (χ0) is 16.9. The summed E-state index contributed by atoms with van der Waals surface area (Å²) in [6, 6.07) is 7.93. The highest BCUT2D eigenvalue weighted by Crippen LogP contribution is 2.25. The second-order valence-corrected chi connectivity index (χ2v) is 6.38. The Balaban J connectivity index is 0.00000225. The summed E-state index contributed by atoms with van der Waals surface area (Å²) in [4.78, 5) is 27.7. The zero-order valence-electron chi connectivity index (χ0n) is 14.6. The van der Waals surface area contributed by atoms with Crippen molar-refractivity contribution in [3.05, 3.63) is 24.3 Å². The molecule has 2 fully saturated rings. The maximum Gasteiger partial charge on any atom is 0.260 e. The van der Waals surface area contributed by atoms with Gasteiger partial charge in [0.2, 0.25) is 5.91 Å². The van der Waals surface area contributed by atoms with Gasteiger partial charge in [0.05, 0.1) is 0 Å². The van der Waals surface area contributed by atoms with E-state index in [1.807, 2.05) is 36.2 Å². The van der Waals surface area contributed by atoms with Crippen LogP contribution < -0.4 is 15.0 Å². The van der Waals surface area contributed by atoms with E-state index in [0.717, 1.165) is 44.6 Å². The van der Waals surface area contributed by atoms with E-state index in [2.05, 4.69) is 5.32 Å². The molecule has 0 atom stereocenters. The largest absolute Gasteiger partial charge is 0.484 e. The molecule has 2 aliphatic heterocycles. The summed E-state index contributed by atoms with van der Waals surface area (Å²) in [6.07, 6.45) is 3.46. The number of amides is 2. The Morgan fingerprint density at radius 1 is 1.28 bits per heavy atom. The van der Waals surface area contributed by atoms with Crippen LogP contribution in [0.3, 0.4) is 0 Å². The number of nitrogens with zero attached hydrogens (tertiary/aromatic N) is 2. The number of hydrogen-bond donors (Lipinski definition) is 1. The van der Waals surface area contributed by atoms with Crippen LogP contribution in [0.5, 0.6) is 5.75 Å². The lowest BCUT2D eigenvalue weighted by molar-refractivity contribution is -0.134. The van der Waals surface area contributed by atoms with Crippen LogP contribution in [0.2, 0.25) is 0 Å². The molecule has 0 bridgehead atoms. The molecular formula is C18H26ClN3O3. The number of anilines is 1. The first-order valence-corrected chi connectivity index (χ1v) is 8.65. The van der Waals surface area contributed by atoms with Gasteiger partial charge in [-0.1, -0.05) is 6.07 Å². The molecule has 0 unspecified atom stereocenters. The van der Waals surface area contributed by atoms with Crippen LogP contribution in [-0.4, -0.2) is 56.0 Å². The number of carbonyl (C=O) groups excluding carboxylic acids is 2. The van der Waals surface area contributed by atoms with Crippen molar-refractivity contribution in [2.24, 2.45) is 0 Å². The van der Waals surface area contributed by atoms with Crippen molar-refractivity contribution in [2.45, 2.75) is 31.7 Å². The van der Waals surface area contributed by atoms with Gasteiger partial charge in [-0.05, 0) is 38.4 Å². The minimum atomic E-state index is 0. The number of halogens is 1. The molecule has 1 aromatic carbocycles. The van der Waals surface area contributed by atoms with E-state index in [1.165, 1.54) is 0 Å². The van der Waals surface area contributed by atoms with Gasteiger partial charge in [0.25, 0.3) is 5.91 Å². The van der Waals surface area contributed by atoms with E-state index in [-0.39, 0.29) is 30.8 Å². The average Bonchev–Trinajstić information content (AvgIpc) is 3.06. The summed E-state index contributed by atoms with van der Waals surface area (Å²) in [5.74, 6) is 0.800. The third kappa shape index (κ3) is 4.86. The molecule has 0 aliphatic carbocycles. The van der Waals surface area contributed by atoms with Crippen LogP contribution in [0, 0.1) is 0 Å². The van der Waals surface area contributed by atoms with Gasteiger partial charge in [0.1, 0.15) is 5.75 Å². The fourth-order valence-electron chi connectivity index (χ4n) is 3.32. The highest BCUT2D eigenvalue weighted by Gasteiger charge is 2.23. The molecule has 0 radical (unpaired) electrons. The predicted octanol–water partition coefficient (Wildman–Crippen LogP) is 1.82. The second-order valence-electron chi connectivity index (χ2n) is 6.38. The summed E-state index contributed by atoms with van der Waals surface area (Å²) < 4.78 is 5.66. The highest BCUT2D eigenvalue weighted by molar-refractivity contribution is 5.95. The van der Waals surface area contributed by atoms with Gasteiger partial charge in [-0.3, -0.25) is 9.59 Å². The summed E-state index contributed by atoms with van der Waals surface area (Å²) in [6.45, 7) is 2.34. The van der Waals surface area contributed by atoms with Crippen LogP contribution in [0.1, 0.15) is 25.7 Å². The van der Waals surface area contributed by atoms with E-state index in [0.29, 0.717) is 18.2 Å². The first kappa shape index (κ1) is 19.5. The Morgan fingerprint density at radius 2 is 2.04 bits per heavy atom. The lowest BCUT2D eigenvalue weighted by atomic mass is 10.1. The molecule has 2 amide bonds. The van der Waals surface area contributed by atoms with Crippen LogP contribution >= 0.6 is 12.4 Å². The molecule has 1 N–H and O–H groups in total. The Hall–Kier alpha value is -1.79. The Morgan fingerprint density at radius 3 is 2.68 bits per heavy atom. The molecule has 138 valence electrons. The molecular weight excluding hydrogens is 342 g/mol. The topological polar surface area (TPSA) is 61.9 Å². The van der Waals surface area contributed by atoms with Crippen molar-refractivity contribution >= 4 is 29.9 Å². The molecule has 6 nitrogen and oxygen atoms in total. The van der Waals surface area contributed by atoms with Crippen molar-refractivity contribution in [3.63, 3.8) is 0 Å². The maximum absolute atomic E-state index is 12.3. The van der Waals surface area contributed by atoms with Gasteiger partial charge in [-0.25, -0.2) is 0 Å². The van der Waals surface area contributed by atoms with Crippen molar-refractivity contribution < 1.29 is 14.3 Å². The quantitative estimate of drug-likeness (QED) is 0.862. The number of hydrogen-bond acceptors (Lipinski definition) is 4. The molecule has 0 spiro atoms.